The van der Waals surface area contributed by atoms with Gasteiger partial charge in [0.15, 0.2) is 11.9 Å². The molecule has 5 rings (SSSR count). The quantitative estimate of drug-likeness (QED) is 0.769. The number of carbonyl (C=O) groups excluding carboxylic acids is 2. The van der Waals surface area contributed by atoms with Gasteiger partial charge in [0.1, 0.15) is 11.3 Å². The van der Waals surface area contributed by atoms with Crippen LogP contribution in [0.5, 0.6) is 0 Å². The van der Waals surface area contributed by atoms with Gasteiger partial charge in [-0.15, -0.1) is 0 Å². The van der Waals surface area contributed by atoms with E-state index in [1.54, 1.807) is 20.8 Å². The first-order chi connectivity index (χ1) is 12.3. The summed E-state index contributed by atoms with van der Waals surface area (Å²) in [7, 11) is 0. The maximum atomic E-state index is 13.2. The van der Waals surface area contributed by atoms with Crippen LogP contribution in [0.3, 0.4) is 0 Å². The summed E-state index contributed by atoms with van der Waals surface area (Å²) in [6.45, 7) is 4.92. The second-order valence-corrected chi connectivity index (χ2v) is 8.79. The Morgan fingerprint density at radius 2 is 1.65 bits per heavy atom. The van der Waals surface area contributed by atoms with Crippen molar-refractivity contribution in [2.45, 2.75) is 65.4 Å². The summed E-state index contributed by atoms with van der Waals surface area (Å²) >= 11 is 0. The Kier molecular flexibility index (Phi) is 4.08. The van der Waals surface area contributed by atoms with Crippen LogP contribution in [-0.2, 0) is 9.53 Å². The number of ketones is 1. The minimum absolute atomic E-state index is 0.0811. The zero-order valence-electron chi connectivity index (χ0n) is 15.7. The van der Waals surface area contributed by atoms with Crippen LogP contribution in [0, 0.1) is 37.0 Å². The van der Waals surface area contributed by atoms with Crippen molar-refractivity contribution in [3.8, 4) is 0 Å². The number of esters is 1. The SMILES string of the molecule is Cc1cc(=O)oc(C)c1C(=O)OC(C)C(=O)C12CC3CC(CC(C3)C1)C2. The molecule has 5 nitrogen and oxygen atoms in total. The van der Waals surface area contributed by atoms with E-state index in [9.17, 15) is 14.4 Å². The summed E-state index contributed by atoms with van der Waals surface area (Å²) in [5, 5.41) is 0. The van der Waals surface area contributed by atoms with Crippen LogP contribution in [0.2, 0.25) is 0 Å². The van der Waals surface area contributed by atoms with Crippen LogP contribution in [0.4, 0.5) is 0 Å². The Morgan fingerprint density at radius 3 is 2.15 bits per heavy atom. The molecule has 4 saturated carbocycles. The molecule has 1 unspecified atom stereocenters. The number of aryl methyl sites for hydroxylation is 2. The molecule has 1 aromatic rings. The molecule has 140 valence electrons. The maximum Gasteiger partial charge on any atom is 0.342 e. The van der Waals surface area contributed by atoms with Crippen molar-refractivity contribution in [3.63, 3.8) is 0 Å². The van der Waals surface area contributed by atoms with Crippen molar-refractivity contribution >= 4 is 11.8 Å². The Hall–Kier alpha value is -1.91. The van der Waals surface area contributed by atoms with Crippen LogP contribution >= 0.6 is 0 Å². The molecule has 5 heteroatoms. The predicted molar refractivity (Wildman–Crippen MR) is 94.9 cm³/mol. The lowest BCUT2D eigenvalue weighted by molar-refractivity contribution is -0.152. The zero-order valence-corrected chi connectivity index (χ0v) is 15.7. The summed E-state index contributed by atoms with van der Waals surface area (Å²) in [6.07, 6.45) is 5.89. The molecule has 4 fully saturated rings. The number of ether oxygens (including phenoxy) is 1. The molecule has 4 aliphatic carbocycles. The monoisotopic (exact) mass is 358 g/mol. The van der Waals surface area contributed by atoms with Gasteiger partial charge < -0.3 is 9.15 Å². The molecule has 1 heterocycles. The molecule has 1 aromatic heterocycles. The summed E-state index contributed by atoms with van der Waals surface area (Å²) < 4.78 is 10.6. The third kappa shape index (κ3) is 2.81. The van der Waals surface area contributed by atoms with Crippen molar-refractivity contribution in [2.75, 3.05) is 0 Å². The second kappa shape index (κ2) is 6.07. The molecule has 4 bridgehead atoms. The molecule has 26 heavy (non-hydrogen) atoms. The van der Waals surface area contributed by atoms with E-state index in [1.165, 1.54) is 25.3 Å². The molecule has 0 aliphatic heterocycles. The minimum atomic E-state index is -0.774. The third-order valence-electron chi connectivity index (χ3n) is 6.75. The number of Topliss-reactive ketones (excluding diaryl/α,β-unsaturated/α-hetero) is 1. The van der Waals surface area contributed by atoms with Gasteiger partial charge in [0.25, 0.3) is 0 Å². The molecule has 0 N–H and O–H groups in total. The van der Waals surface area contributed by atoms with Crippen LogP contribution in [0.1, 0.15) is 67.1 Å². The van der Waals surface area contributed by atoms with Gasteiger partial charge in [-0.25, -0.2) is 9.59 Å². The van der Waals surface area contributed by atoms with Crippen LogP contribution in [-0.4, -0.2) is 17.9 Å². The first kappa shape index (κ1) is 17.5. The van der Waals surface area contributed by atoms with Crippen LogP contribution in [0.25, 0.3) is 0 Å². The maximum absolute atomic E-state index is 13.2. The highest BCUT2D eigenvalue weighted by Crippen LogP contribution is 2.60. The van der Waals surface area contributed by atoms with Crippen molar-refractivity contribution in [1.82, 2.24) is 0 Å². The highest BCUT2D eigenvalue weighted by Gasteiger charge is 2.55. The van der Waals surface area contributed by atoms with Crippen LogP contribution < -0.4 is 5.63 Å². The highest BCUT2D eigenvalue weighted by atomic mass is 16.5. The van der Waals surface area contributed by atoms with E-state index < -0.39 is 17.7 Å². The average Bonchev–Trinajstić information content (AvgIpc) is 2.51. The van der Waals surface area contributed by atoms with E-state index in [1.807, 2.05) is 0 Å². The summed E-state index contributed by atoms with van der Waals surface area (Å²) in [5.41, 5.74) is -0.0240. The van der Waals surface area contributed by atoms with Gasteiger partial charge in [0.05, 0.1) is 0 Å². The van der Waals surface area contributed by atoms with E-state index in [0.717, 1.165) is 19.3 Å². The lowest BCUT2D eigenvalue weighted by Gasteiger charge is -2.56. The van der Waals surface area contributed by atoms with Crippen molar-refractivity contribution in [2.24, 2.45) is 23.2 Å². The first-order valence-corrected chi connectivity index (χ1v) is 9.64. The van der Waals surface area contributed by atoms with Gasteiger partial charge in [-0.05, 0) is 82.6 Å². The lowest BCUT2D eigenvalue weighted by atomic mass is 9.48. The van der Waals surface area contributed by atoms with E-state index >= 15 is 0 Å². The molecular formula is C21H26O5. The Labute approximate surface area is 153 Å². The Morgan fingerprint density at radius 1 is 1.12 bits per heavy atom. The van der Waals surface area contributed by atoms with Gasteiger partial charge in [-0.2, -0.15) is 0 Å². The van der Waals surface area contributed by atoms with Gasteiger partial charge in [0.2, 0.25) is 0 Å². The van der Waals surface area contributed by atoms with E-state index in [-0.39, 0.29) is 22.5 Å². The van der Waals surface area contributed by atoms with Gasteiger partial charge in [-0.1, -0.05) is 0 Å². The molecule has 1 atom stereocenters. The Bertz CT molecular complexity index is 757. The third-order valence-corrected chi connectivity index (χ3v) is 6.75. The summed E-state index contributed by atoms with van der Waals surface area (Å²) in [6, 6.07) is 1.27. The summed E-state index contributed by atoms with van der Waals surface area (Å²) in [5.74, 6) is 1.73. The predicted octanol–water partition coefficient (Wildman–Crippen LogP) is 3.59. The van der Waals surface area contributed by atoms with Gasteiger partial charge >= 0.3 is 11.6 Å². The fraction of sp³-hybridized carbons (Fsp3) is 0.667. The number of carbonyl (C=O) groups is 2. The molecular weight excluding hydrogens is 332 g/mol. The normalized spacial score (nSPS) is 33.1. The molecule has 4 aliphatic rings. The molecule has 0 aromatic carbocycles. The number of hydrogen-bond donors (Lipinski definition) is 0. The van der Waals surface area contributed by atoms with Gasteiger partial charge in [-0.3, -0.25) is 4.79 Å². The molecule has 0 saturated heterocycles. The Balaban J connectivity index is 1.52. The highest BCUT2D eigenvalue weighted by molar-refractivity contribution is 5.96. The zero-order chi connectivity index (χ0) is 18.6. The van der Waals surface area contributed by atoms with Crippen molar-refractivity contribution < 1.29 is 18.7 Å². The minimum Gasteiger partial charge on any atom is -0.451 e. The van der Waals surface area contributed by atoms with E-state index in [0.29, 0.717) is 23.3 Å². The molecule has 0 radical (unpaired) electrons. The van der Waals surface area contributed by atoms with Gasteiger partial charge in [0, 0.05) is 11.5 Å². The first-order valence-electron chi connectivity index (χ1n) is 9.64. The molecule has 0 spiro atoms. The topological polar surface area (TPSA) is 73.6 Å². The van der Waals surface area contributed by atoms with Crippen LogP contribution in [0.15, 0.2) is 15.3 Å². The number of hydrogen-bond acceptors (Lipinski definition) is 5. The average molecular weight is 358 g/mol. The number of rotatable bonds is 4. The van der Waals surface area contributed by atoms with Crippen molar-refractivity contribution in [3.05, 3.63) is 33.4 Å². The standard InChI is InChI=1S/C21H26O5/c1-11-4-17(22)25-12(2)18(11)20(24)26-13(3)19(23)21-8-14-5-15(9-21)7-16(6-14)10-21/h4,13-16H,5-10H2,1-3H3. The largest absolute Gasteiger partial charge is 0.451 e. The fourth-order valence-electron chi connectivity index (χ4n) is 6.18. The fourth-order valence-corrected chi connectivity index (χ4v) is 6.18. The van der Waals surface area contributed by atoms with Crippen molar-refractivity contribution in [1.29, 1.82) is 0 Å². The van der Waals surface area contributed by atoms with E-state index in [2.05, 4.69) is 0 Å². The summed E-state index contributed by atoms with van der Waals surface area (Å²) in [4.78, 5) is 37.2. The van der Waals surface area contributed by atoms with E-state index in [4.69, 9.17) is 9.15 Å². The molecule has 0 amide bonds. The lowest BCUT2D eigenvalue weighted by Crippen LogP contribution is -2.52. The smallest absolute Gasteiger partial charge is 0.342 e. The second-order valence-electron chi connectivity index (χ2n) is 8.79.